The smallest absolute Gasteiger partial charge is 0.191 e. The summed E-state index contributed by atoms with van der Waals surface area (Å²) < 4.78 is 7.01. The highest BCUT2D eigenvalue weighted by Crippen LogP contribution is 2.11. The van der Waals surface area contributed by atoms with Crippen LogP contribution in [0.25, 0.3) is 0 Å². The fourth-order valence-corrected chi connectivity index (χ4v) is 2.22. The van der Waals surface area contributed by atoms with Gasteiger partial charge in [-0.05, 0) is 33.3 Å². The van der Waals surface area contributed by atoms with Gasteiger partial charge in [0.1, 0.15) is 5.76 Å². The number of halogens is 1. The molecule has 2 aromatic heterocycles. The molecule has 0 aliphatic heterocycles. The van der Waals surface area contributed by atoms with Crippen molar-refractivity contribution in [1.82, 2.24) is 25.6 Å². The van der Waals surface area contributed by atoms with Crippen LogP contribution in [0.1, 0.15) is 29.6 Å². The summed E-state index contributed by atoms with van der Waals surface area (Å²) in [6.45, 7) is 8.15. The molecule has 128 valence electrons. The SMILES string of the molecule is CCNC(=NCc1ccnn1C)NCCc1c(C)noc1C.I. The molecule has 8 heteroatoms. The number of aromatic nitrogens is 3. The van der Waals surface area contributed by atoms with E-state index in [1.165, 1.54) is 0 Å². The van der Waals surface area contributed by atoms with Gasteiger partial charge in [-0.15, -0.1) is 24.0 Å². The van der Waals surface area contributed by atoms with Crippen LogP contribution in [0.15, 0.2) is 21.8 Å². The molecule has 2 heterocycles. The van der Waals surface area contributed by atoms with Crippen molar-refractivity contribution in [2.75, 3.05) is 13.1 Å². The predicted molar refractivity (Wildman–Crippen MR) is 101 cm³/mol. The summed E-state index contributed by atoms with van der Waals surface area (Å²) in [7, 11) is 1.92. The summed E-state index contributed by atoms with van der Waals surface area (Å²) in [4.78, 5) is 4.57. The Balaban J connectivity index is 0.00000264. The third-order valence-electron chi connectivity index (χ3n) is 3.51. The minimum absolute atomic E-state index is 0. The Morgan fingerprint density at radius 3 is 2.70 bits per heavy atom. The molecule has 0 atom stereocenters. The van der Waals surface area contributed by atoms with E-state index in [1.807, 2.05) is 31.6 Å². The summed E-state index contributed by atoms with van der Waals surface area (Å²) in [5, 5.41) is 14.7. The van der Waals surface area contributed by atoms with Crippen molar-refractivity contribution < 1.29 is 4.52 Å². The third-order valence-corrected chi connectivity index (χ3v) is 3.51. The van der Waals surface area contributed by atoms with Crippen LogP contribution in [0, 0.1) is 13.8 Å². The number of aliphatic imine (C=N–C) groups is 1. The molecule has 0 amide bonds. The van der Waals surface area contributed by atoms with Gasteiger partial charge in [0.25, 0.3) is 0 Å². The van der Waals surface area contributed by atoms with Gasteiger partial charge < -0.3 is 15.2 Å². The van der Waals surface area contributed by atoms with E-state index in [-0.39, 0.29) is 24.0 Å². The Bertz CT molecular complexity index is 614. The molecule has 0 unspecified atom stereocenters. The predicted octanol–water partition coefficient (Wildman–Crippen LogP) is 1.94. The lowest BCUT2D eigenvalue weighted by molar-refractivity contribution is 0.392. The van der Waals surface area contributed by atoms with Gasteiger partial charge in [0.15, 0.2) is 5.96 Å². The van der Waals surface area contributed by atoms with Crippen LogP contribution in [0.2, 0.25) is 0 Å². The second-order valence-electron chi connectivity index (χ2n) is 5.12. The molecule has 2 aromatic rings. The van der Waals surface area contributed by atoms with E-state index in [1.54, 1.807) is 6.20 Å². The van der Waals surface area contributed by atoms with Crippen LogP contribution in [0.5, 0.6) is 0 Å². The van der Waals surface area contributed by atoms with Gasteiger partial charge in [-0.25, -0.2) is 4.99 Å². The first-order valence-corrected chi connectivity index (χ1v) is 7.52. The van der Waals surface area contributed by atoms with Gasteiger partial charge in [0.2, 0.25) is 0 Å². The fraction of sp³-hybridized carbons (Fsp3) is 0.533. The van der Waals surface area contributed by atoms with Crippen molar-refractivity contribution in [3.8, 4) is 0 Å². The monoisotopic (exact) mass is 432 g/mol. The summed E-state index contributed by atoms with van der Waals surface area (Å²) in [5.41, 5.74) is 3.19. The number of hydrogen-bond acceptors (Lipinski definition) is 4. The van der Waals surface area contributed by atoms with Gasteiger partial charge in [-0.2, -0.15) is 5.10 Å². The number of nitrogens with one attached hydrogen (secondary N) is 2. The lowest BCUT2D eigenvalue weighted by Gasteiger charge is -2.11. The number of nitrogens with zero attached hydrogens (tertiary/aromatic N) is 4. The van der Waals surface area contributed by atoms with Crippen molar-refractivity contribution >= 4 is 29.9 Å². The largest absolute Gasteiger partial charge is 0.361 e. The summed E-state index contributed by atoms with van der Waals surface area (Å²) in [5.74, 6) is 1.69. The summed E-state index contributed by atoms with van der Waals surface area (Å²) >= 11 is 0. The Kier molecular flexibility index (Phi) is 8.07. The van der Waals surface area contributed by atoms with E-state index in [2.05, 4.69) is 32.8 Å². The number of rotatable bonds is 6. The molecule has 0 aromatic carbocycles. The van der Waals surface area contributed by atoms with Crippen LogP contribution in [0.4, 0.5) is 0 Å². The van der Waals surface area contributed by atoms with E-state index in [0.717, 1.165) is 48.2 Å². The minimum Gasteiger partial charge on any atom is -0.361 e. The van der Waals surface area contributed by atoms with Gasteiger partial charge in [-0.1, -0.05) is 5.16 Å². The van der Waals surface area contributed by atoms with E-state index in [4.69, 9.17) is 4.52 Å². The fourth-order valence-electron chi connectivity index (χ4n) is 2.22. The zero-order chi connectivity index (χ0) is 15.9. The zero-order valence-corrected chi connectivity index (χ0v) is 16.4. The maximum absolute atomic E-state index is 5.18. The summed E-state index contributed by atoms with van der Waals surface area (Å²) in [6, 6.07) is 1.97. The average Bonchev–Trinajstić information content (AvgIpc) is 3.04. The zero-order valence-electron chi connectivity index (χ0n) is 14.1. The molecule has 0 aliphatic carbocycles. The van der Waals surface area contributed by atoms with Crippen molar-refractivity contribution in [2.45, 2.75) is 33.7 Å². The number of hydrogen-bond donors (Lipinski definition) is 2. The number of guanidine groups is 1. The summed E-state index contributed by atoms with van der Waals surface area (Å²) in [6.07, 6.45) is 2.64. The highest BCUT2D eigenvalue weighted by molar-refractivity contribution is 14.0. The Hall–Kier alpha value is -1.58. The van der Waals surface area contributed by atoms with Gasteiger partial charge in [-0.3, -0.25) is 4.68 Å². The Morgan fingerprint density at radius 2 is 2.13 bits per heavy atom. The van der Waals surface area contributed by atoms with Crippen LogP contribution in [-0.4, -0.2) is 34.0 Å². The van der Waals surface area contributed by atoms with Crippen LogP contribution in [0.3, 0.4) is 0 Å². The van der Waals surface area contributed by atoms with Gasteiger partial charge in [0, 0.05) is 31.9 Å². The normalized spacial score (nSPS) is 11.2. The second-order valence-corrected chi connectivity index (χ2v) is 5.12. The van der Waals surface area contributed by atoms with Crippen molar-refractivity contribution in [3.05, 3.63) is 35.0 Å². The molecular weight excluding hydrogens is 407 g/mol. The molecule has 0 spiro atoms. The maximum Gasteiger partial charge on any atom is 0.191 e. The molecule has 0 fully saturated rings. The molecule has 0 bridgehead atoms. The topological polar surface area (TPSA) is 80.3 Å². The molecular formula is C15H25IN6O. The number of aryl methyl sites for hydroxylation is 3. The van der Waals surface area contributed by atoms with Crippen LogP contribution >= 0.6 is 24.0 Å². The van der Waals surface area contributed by atoms with Crippen molar-refractivity contribution in [1.29, 1.82) is 0 Å². The molecule has 7 nitrogen and oxygen atoms in total. The van der Waals surface area contributed by atoms with E-state index in [9.17, 15) is 0 Å². The molecule has 2 rings (SSSR count). The van der Waals surface area contributed by atoms with E-state index < -0.39 is 0 Å². The lowest BCUT2D eigenvalue weighted by Crippen LogP contribution is -2.38. The van der Waals surface area contributed by atoms with Crippen LogP contribution in [-0.2, 0) is 20.0 Å². The standard InChI is InChI=1S/C15H24N6O.HI/c1-5-16-15(18-10-13-6-9-19-21(13)4)17-8-7-14-11(2)20-22-12(14)3;/h6,9H,5,7-8,10H2,1-4H3,(H2,16,17,18);1H. The molecule has 0 saturated heterocycles. The lowest BCUT2D eigenvalue weighted by atomic mass is 10.1. The van der Waals surface area contributed by atoms with Crippen LogP contribution < -0.4 is 10.6 Å². The maximum atomic E-state index is 5.18. The van der Waals surface area contributed by atoms with Crippen molar-refractivity contribution in [3.63, 3.8) is 0 Å². The Morgan fingerprint density at radius 1 is 1.35 bits per heavy atom. The highest BCUT2D eigenvalue weighted by Gasteiger charge is 2.08. The van der Waals surface area contributed by atoms with E-state index in [0.29, 0.717) is 6.54 Å². The minimum atomic E-state index is 0. The first-order chi connectivity index (χ1) is 10.6. The van der Waals surface area contributed by atoms with Crippen molar-refractivity contribution in [2.24, 2.45) is 12.0 Å². The van der Waals surface area contributed by atoms with Gasteiger partial charge in [0.05, 0.1) is 17.9 Å². The molecule has 0 radical (unpaired) electrons. The molecule has 0 aliphatic rings. The Labute approximate surface area is 153 Å². The first-order valence-electron chi connectivity index (χ1n) is 7.52. The first kappa shape index (κ1) is 19.5. The van der Waals surface area contributed by atoms with Gasteiger partial charge >= 0.3 is 0 Å². The third kappa shape index (κ3) is 5.52. The van der Waals surface area contributed by atoms with E-state index >= 15 is 0 Å². The second kappa shape index (κ2) is 9.53. The highest BCUT2D eigenvalue weighted by atomic mass is 127. The molecule has 2 N–H and O–H groups in total. The quantitative estimate of drug-likeness (QED) is 0.415. The molecule has 0 saturated carbocycles. The average molecular weight is 432 g/mol. The molecule has 23 heavy (non-hydrogen) atoms.